The van der Waals surface area contributed by atoms with Gasteiger partial charge in [0.1, 0.15) is 11.6 Å². The van der Waals surface area contributed by atoms with Crippen molar-refractivity contribution in [2.75, 3.05) is 5.32 Å². The van der Waals surface area contributed by atoms with Crippen LogP contribution in [0.15, 0.2) is 41.1 Å². The number of aromatic nitrogens is 3. The quantitative estimate of drug-likeness (QED) is 0.775. The molecular weight excluding hydrogens is 240 g/mol. The third kappa shape index (κ3) is 2.54. The van der Waals surface area contributed by atoms with Crippen LogP contribution >= 0.6 is 0 Å². The van der Waals surface area contributed by atoms with E-state index in [2.05, 4.69) is 20.3 Å². The van der Waals surface area contributed by atoms with Crippen molar-refractivity contribution in [3.05, 3.63) is 48.3 Å². The summed E-state index contributed by atoms with van der Waals surface area (Å²) >= 11 is 0. The third-order valence-corrected chi connectivity index (χ3v) is 2.82. The van der Waals surface area contributed by atoms with Crippen molar-refractivity contribution in [1.29, 1.82) is 0 Å². The van der Waals surface area contributed by atoms with Crippen LogP contribution < -0.4 is 5.32 Å². The zero-order valence-corrected chi connectivity index (χ0v) is 10.6. The molecule has 2 aromatic heterocycles. The van der Waals surface area contributed by atoms with E-state index in [1.807, 2.05) is 31.2 Å². The number of anilines is 1. The number of nitrogens with one attached hydrogen (secondary N) is 1. The monoisotopic (exact) mass is 254 g/mol. The largest absolute Gasteiger partial charge is 0.444 e. The molecule has 0 aliphatic rings. The molecule has 0 bridgehead atoms. The van der Waals surface area contributed by atoms with Crippen molar-refractivity contribution in [2.24, 2.45) is 0 Å². The van der Waals surface area contributed by atoms with Gasteiger partial charge < -0.3 is 9.73 Å². The maximum absolute atomic E-state index is 5.52. The summed E-state index contributed by atoms with van der Waals surface area (Å²) in [6.45, 7) is 2.54. The molecule has 0 saturated heterocycles. The molecule has 0 aliphatic carbocycles. The molecule has 5 nitrogen and oxygen atoms in total. The Balaban J connectivity index is 1.74. The van der Waals surface area contributed by atoms with Gasteiger partial charge in [0.05, 0.1) is 30.0 Å². The molecule has 0 spiro atoms. The van der Waals surface area contributed by atoms with E-state index in [4.69, 9.17) is 4.42 Å². The smallest absolute Gasteiger partial charge is 0.213 e. The van der Waals surface area contributed by atoms with Gasteiger partial charge in [-0.3, -0.25) is 4.98 Å². The van der Waals surface area contributed by atoms with Gasteiger partial charge in [-0.05, 0) is 12.1 Å². The van der Waals surface area contributed by atoms with E-state index < -0.39 is 0 Å². The molecule has 1 aromatic carbocycles. The Bertz CT molecular complexity index is 692. The maximum Gasteiger partial charge on any atom is 0.213 e. The van der Waals surface area contributed by atoms with Crippen molar-refractivity contribution in [3.8, 4) is 0 Å². The number of fused-ring (bicyclic) bond motifs is 1. The molecule has 5 heteroatoms. The SMILES string of the molecule is CCc1cnc(CNc2cnc3ccccc3n2)o1. The number of benzene rings is 1. The fraction of sp³-hybridized carbons (Fsp3) is 0.214. The fourth-order valence-electron chi connectivity index (χ4n) is 1.80. The number of nitrogens with zero attached hydrogens (tertiary/aromatic N) is 3. The molecule has 1 N–H and O–H groups in total. The summed E-state index contributed by atoms with van der Waals surface area (Å²) in [5.74, 6) is 2.27. The summed E-state index contributed by atoms with van der Waals surface area (Å²) in [5.41, 5.74) is 1.76. The van der Waals surface area contributed by atoms with E-state index >= 15 is 0 Å². The number of oxazole rings is 1. The van der Waals surface area contributed by atoms with Gasteiger partial charge in [-0.2, -0.15) is 0 Å². The van der Waals surface area contributed by atoms with Crippen molar-refractivity contribution in [2.45, 2.75) is 19.9 Å². The van der Waals surface area contributed by atoms with E-state index in [-0.39, 0.29) is 0 Å². The van der Waals surface area contributed by atoms with Gasteiger partial charge in [0.15, 0.2) is 0 Å². The number of hydrogen-bond acceptors (Lipinski definition) is 5. The average molecular weight is 254 g/mol. The molecule has 2 heterocycles. The minimum absolute atomic E-state index is 0.507. The molecule has 3 aromatic rings. The van der Waals surface area contributed by atoms with Gasteiger partial charge in [0.2, 0.25) is 5.89 Å². The Morgan fingerprint density at radius 2 is 1.95 bits per heavy atom. The lowest BCUT2D eigenvalue weighted by atomic mass is 10.3. The van der Waals surface area contributed by atoms with Crippen LogP contribution in [-0.4, -0.2) is 15.0 Å². The summed E-state index contributed by atoms with van der Waals surface area (Å²) in [6, 6.07) is 7.77. The van der Waals surface area contributed by atoms with Crippen molar-refractivity contribution < 1.29 is 4.42 Å². The molecule has 0 atom stereocenters. The fourth-order valence-corrected chi connectivity index (χ4v) is 1.80. The van der Waals surface area contributed by atoms with Crippen LogP contribution in [0.2, 0.25) is 0 Å². The Labute approximate surface area is 110 Å². The van der Waals surface area contributed by atoms with E-state index in [1.165, 1.54) is 0 Å². The molecule has 0 saturated carbocycles. The summed E-state index contributed by atoms with van der Waals surface area (Å²) in [6.07, 6.45) is 4.32. The lowest BCUT2D eigenvalue weighted by Crippen LogP contribution is -2.02. The average Bonchev–Trinajstić information content (AvgIpc) is 2.93. The van der Waals surface area contributed by atoms with Crippen LogP contribution in [0.3, 0.4) is 0 Å². The number of hydrogen-bond donors (Lipinski definition) is 1. The second-order valence-electron chi connectivity index (χ2n) is 4.17. The molecular formula is C14H14N4O. The van der Waals surface area contributed by atoms with Gasteiger partial charge in [-0.1, -0.05) is 19.1 Å². The second kappa shape index (κ2) is 5.06. The van der Waals surface area contributed by atoms with Crippen molar-refractivity contribution in [3.63, 3.8) is 0 Å². The van der Waals surface area contributed by atoms with Crippen LogP contribution in [0.5, 0.6) is 0 Å². The molecule has 0 aliphatic heterocycles. The van der Waals surface area contributed by atoms with Gasteiger partial charge >= 0.3 is 0 Å². The van der Waals surface area contributed by atoms with Crippen LogP contribution in [0.25, 0.3) is 11.0 Å². The zero-order chi connectivity index (χ0) is 13.1. The van der Waals surface area contributed by atoms with Crippen molar-refractivity contribution in [1.82, 2.24) is 15.0 Å². The first kappa shape index (κ1) is 11.6. The predicted molar refractivity (Wildman–Crippen MR) is 72.7 cm³/mol. The topological polar surface area (TPSA) is 63.8 Å². The molecule has 0 fully saturated rings. The highest BCUT2D eigenvalue weighted by molar-refractivity contribution is 5.75. The van der Waals surface area contributed by atoms with E-state index in [0.29, 0.717) is 12.4 Å². The van der Waals surface area contributed by atoms with Gasteiger partial charge in [0.25, 0.3) is 0 Å². The van der Waals surface area contributed by atoms with Gasteiger partial charge in [0, 0.05) is 6.42 Å². The summed E-state index contributed by atoms with van der Waals surface area (Å²) in [5, 5.41) is 3.16. The lowest BCUT2D eigenvalue weighted by molar-refractivity contribution is 0.465. The van der Waals surface area contributed by atoms with Crippen LogP contribution in [0.1, 0.15) is 18.6 Å². The van der Waals surface area contributed by atoms with Gasteiger partial charge in [-0.15, -0.1) is 0 Å². The Morgan fingerprint density at radius 1 is 1.11 bits per heavy atom. The second-order valence-corrected chi connectivity index (χ2v) is 4.17. The summed E-state index contributed by atoms with van der Waals surface area (Å²) in [4.78, 5) is 13.0. The number of para-hydroxylation sites is 2. The van der Waals surface area contributed by atoms with E-state index in [0.717, 1.165) is 29.0 Å². The first-order valence-electron chi connectivity index (χ1n) is 6.24. The van der Waals surface area contributed by atoms with Crippen LogP contribution in [-0.2, 0) is 13.0 Å². The highest BCUT2D eigenvalue weighted by Gasteiger charge is 2.03. The normalized spacial score (nSPS) is 10.8. The Hall–Kier alpha value is -2.43. The molecule has 0 unspecified atom stereocenters. The lowest BCUT2D eigenvalue weighted by Gasteiger charge is -2.03. The first-order chi connectivity index (χ1) is 9.35. The molecule has 0 radical (unpaired) electrons. The van der Waals surface area contributed by atoms with Gasteiger partial charge in [-0.25, -0.2) is 9.97 Å². The zero-order valence-electron chi connectivity index (χ0n) is 10.6. The minimum atomic E-state index is 0.507. The minimum Gasteiger partial charge on any atom is -0.444 e. The van der Waals surface area contributed by atoms with E-state index in [9.17, 15) is 0 Å². The third-order valence-electron chi connectivity index (χ3n) is 2.82. The first-order valence-corrected chi connectivity index (χ1v) is 6.24. The summed E-state index contributed by atoms with van der Waals surface area (Å²) in [7, 11) is 0. The Morgan fingerprint density at radius 3 is 2.74 bits per heavy atom. The summed E-state index contributed by atoms with van der Waals surface area (Å²) < 4.78 is 5.52. The number of rotatable bonds is 4. The molecule has 0 amide bonds. The Kier molecular flexibility index (Phi) is 3.10. The predicted octanol–water partition coefficient (Wildman–Crippen LogP) is 2.79. The van der Waals surface area contributed by atoms with Crippen LogP contribution in [0, 0.1) is 0 Å². The standard InChI is InChI=1S/C14H14N4O/c1-2-10-7-17-14(19-10)9-16-13-8-15-11-5-3-4-6-12(11)18-13/h3-8H,2,9H2,1H3,(H,16,18). The highest BCUT2D eigenvalue weighted by atomic mass is 16.4. The maximum atomic E-state index is 5.52. The number of aryl methyl sites for hydroxylation is 1. The molecule has 96 valence electrons. The van der Waals surface area contributed by atoms with E-state index in [1.54, 1.807) is 12.4 Å². The molecule has 19 heavy (non-hydrogen) atoms. The molecule has 3 rings (SSSR count). The van der Waals surface area contributed by atoms with Crippen LogP contribution in [0.4, 0.5) is 5.82 Å². The van der Waals surface area contributed by atoms with Crippen molar-refractivity contribution >= 4 is 16.9 Å². The highest BCUT2D eigenvalue weighted by Crippen LogP contribution is 2.12.